The Kier molecular flexibility index (Phi) is 39.2. The minimum absolute atomic E-state index is 0. The molecule has 2 nitrogen and oxygen atoms in total. The molecule has 0 bridgehead atoms. The fraction of sp³-hybridized carbons (Fsp3) is 0.636. The van der Waals surface area contributed by atoms with Crippen molar-refractivity contribution in [2.45, 2.75) is 48.0 Å². The molecule has 0 aliphatic heterocycles. The second-order valence-corrected chi connectivity index (χ2v) is 2.74. The van der Waals surface area contributed by atoms with Crippen LogP contribution in [0.15, 0.2) is 0 Å². The Morgan fingerprint density at radius 1 is 0.857 bits per heavy atom. The molecule has 0 saturated heterocycles. The molecule has 14 heavy (non-hydrogen) atoms. The van der Waals surface area contributed by atoms with E-state index in [1.165, 1.54) is 13.8 Å². The van der Waals surface area contributed by atoms with Crippen molar-refractivity contribution in [2.24, 2.45) is 0 Å². The van der Waals surface area contributed by atoms with E-state index in [1.54, 1.807) is 0 Å². The minimum Gasteiger partial charge on any atom is -0.335 e. The molecule has 0 amide bonds. The minimum atomic E-state index is -0.0625. The molecule has 0 aromatic carbocycles. The number of ketones is 2. The first kappa shape index (κ1) is 23.7. The van der Waals surface area contributed by atoms with Crippen LogP contribution in [0.25, 0.3) is 0 Å². The normalized spacial score (nSPS) is 6.71. The van der Waals surface area contributed by atoms with Crippen LogP contribution in [0.1, 0.15) is 48.0 Å². The SMILES string of the molecule is CC(=O)CC(C)=O.C[CH-]C.C[CH-]C.[Ti+2]. The van der Waals surface area contributed by atoms with Gasteiger partial charge in [0.1, 0.15) is 11.6 Å². The predicted octanol–water partition coefficient (Wildman–Crippen LogP) is 3.01. The van der Waals surface area contributed by atoms with Gasteiger partial charge in [0.05, 0.1) is 6.42 Å². The summed E-state index contributed by atoms with van der Waals surface area (Å²) in [7, 11) is 0. The van der Waals surface area contributed by atoms with Gasteiger partial charge in [-0.1, -0.05) is 0 Å². The van der Waals surface area contributed by atoms with Crippen LogP contribution in [0.5, 0.6) is 0 Å². The summed E-state index contributed by atoms with van der Waals surface area (Å²) in [5.41, 5.74) is 0. The van der Waals surface area contributed by atoms with Gasteiger partial charge in [-0.3, -0.25) is 9.59 Å². The first-order valence-corrected chi connectivity index (χ1v) is 4.42. The Bertz CT molecular complexity index is 108. The fourth-order valence-electron chi connectivity index (χ4n) is 0.351. The van der Waals surface area contributed by atoms with Crippen LogP contribution in [0.4, 0.5) is 0 Å². The Morgan fingerprint density at radius 3 is 1.00 bits per heavy atom. The maximum atomic E-state index is 10.0. The third-order valence-electron chi connectivity index (χ3n) is 0.498. The molecule has 0 aromatic rings. The van der Waals surface area contributed by atoms with Gasteiger partial charge >= 0.3 is 21.7 Å². The van der Waals surface area contributed by atoms with Gasteiger partial charge in [0.15, 0.2) is 0 Å². The predicted molar refractivity (Wildman–Crippen MR) is 57.3 cm³/mol. The molecule has 0 rings (SSSR count). The molecule has 0 heterocycles. The molecule has 0 aromatic heterocycles. The van der Waals surface area contributed by atoms with Crippen LogP contribution < -0.4 is 0 Å². The Morgan fingerprint density at radius 2 is 1.00 bits per heavy atom. The maximum Gasteiger partial charge on any atom is 2.00 e. The van der Waals surface area contributed by atoms with Gasteiger partial charge in [-0.15, -0.1) is 0 Å². The van der Waals surface area contributed by atoms with Crippen molar-refractivity contribution in [3.63, 3.8) is 0 Å². The van der Waals surface area contributed by atoms with E-state index in [0.29, 0.717) is 0 Å². The number of carbonyl (C=O) groups excluding carboxylic acids is 2. The number of carbonyl (C=O) groups is 2. The first-order valence-electron chi connectivity index (χ1n) is 4.42. The van der Waals surface area contributed by atoms with E-state index in [9.17, 15) is 9.59 Å². The van der Waals surface area contributed by atoms with Crippen molar-refractivity contribution in [3.8, 4) is 0 Å². The Hall–Kier alpha value is 0.0543. The Balaban J connectivity index is -0.0000000610. The molecule has 0 N–H and O–H groups in total. The summed E-state index contributed by atoms with van der Waals surface area (Å²) in [6, 6.07) is 0. The van der Waals surface area contributed by atoms with Crippen LogP contribution in [0, 0.1) is 12.8 Å². The molecule has 0 spiro atoms. The van der Waals surface area contributed by atoms with Gasteiger partial charge in [-0.2, -0.15) is 27.7 Å². The van der Waals surface area contributed by atoms with Crippen LogP contribution in [-0.4, -0.2) is 11.6 Å². The molecule has 0 radical (unpaired) electrons. The van der Waals surface area contributed by atoms with E-state index in [4.69, 9.17) is 0 Å². The van der Waals surface area contributed by atoms with E-state index < -0.39 is 0 Å². The zero-order valence-corrected chi connectivity index (χ0v) is 11.7. The Labute approximate surface area is 104 Å². The number of rotatable bonds is 2. The molecule has 0 fully saturated rings. The average molecular weight is 234 g/mol. The molecule has 0 saturated carbocycles. The van der Waals surface area contributed by atoms with Crippen molar-refractivity contribution >= 4 is 11.6 Å². The largest absolute Gasteiger partial charge is 2.00 e. The van der Waals surface area contributed by atoms with Crippen LogP contribution in [-0.2, 0) is 31.3 Å². The zero-order valence-electron chi connectivity index (χ0n) is 10.2. The molecular formula is C11H22O2Ti. The number of hydrogen-bond donors (Lipinski definition) is 0. The van der Waals surface area contributed by atoms with Crippen molar-refractivity contribution in [1.29, 1.82) is 0 Å². The average Bonchev–Trinajstić information content (AvgIpc) is 1.86. The molecule has 0 unspecified atom stereocenters. The van der Waals surface area contributed by atoms with Crippen molar-refractivity contribution in [3.05, 3.63) is 12.8 Å². The summed E-state index contributed by atoms with van der Waals surface area (Å²) in [6.07, 6.45) is 4.08. The van der Waals surface area contributed by atoms with Gasteiger partial charge in [0.25, 0.3) is 0 Å². The van der Waals surface area contributed by atoms with Gasteiger partial charge in [-0.05, 0) is 13.8 Å². The summed E-state index contributed by atoms with van der Waals surface area (Å²) in [5, 5.41) is 0. The van der Waals surface area contributed by atoms with Gasteiger partial charge in [-0.25, -0.2) is 0 Å². The van der Waals surface area contributed by atoms with Crippen molar-refractivity contribution in [2.75, 3.05) is 0 Å². The van der Waals surface area contributed by atoms with Gasteiger partial charge in [0, 0.05) is 0 Å². The molecule has 3 heteroatoms. The topological polar surface area (TPSA) is 34.1 Å². The standard InChI is InChI=1S/C5H8O2.2C3H7.Ti/c1-4(6)3-5(2)7;2*1-3-2;/h3H2,1-2H3;2*3H,1-2H3;/q;2*-1;+2. The summed E-state index contributed by atoms with van der Waals surface area (Å²) in [4.78, 5) is 20.1. The van der Waals surface area contributed by atoms with E-state index in [0.717, 1.165) is 0 Å². The van der Waals surface area contributed by atoms with Crippen LogP contribution in [0.2, 0.25) is 0 Å². The summed E-state index contributed by atoms with van der Waals surface area (Å²) in [5.74, 6) is -0.125. The monoisotopic (exact) mass is 234 g/mol. The fourth-order valence-corrected chi connectivity index (χ4v) is 0.351. The van der Waals surface area contributed by atoms with Crippen molar-refractivity contribution in [1.82, 2.24) is 0 Å². The van der Waals surface area contributed by atoms with E-state index in [-0.39, 0.29) is 39.7 Å². The van der Waals surface area contributed by atoms with Crippen LogP contribution in [0.3, 0.4) is 0 Å². The molecular weight excluding hydrogens is 212 g/mol. The van der Waals surface area contributed by atoms with E-state index >= 15 is 0 Å². The zero-order chi connectivity index (χ0) is 11.3. The van der Waals surface area contributed by atoms with Gasteiger partial charge < -0.3 is 12.8 Å². The maximum absolute atomic E-state index is 10.0. The second-order valence-electron chi connectivity index (χ2n) is 2.74. The first-order chi connectivity index (χ1) is 5.95. The molecule has 0 aliphatic rings. The summed E-state index contributed by atoms with van der Waals surface area (Å²) < 4.78 is 0. The third-order valence-corrected chi connectivity index (χ3v) is 0.498. The van der Waals surface area contributed by atoms with E-state index in [1.807, 2.05) is 40.5 Å². The van der Waals surface area contributed by atoms with E-state index in [2.05, 4.69) is 0 Å². The summed E-state index contributed by atoms with van der Waals surface area (Å²) >= 11 is 0. The molecule has 0 aliphatic carbocycles. The number of hydrogen-bond acceptors (Lipinski definition) is 2. The van der Waals surface area contributed by atoms with Gasteiger partial charge in [0.2, 0.25) is 0 Å². The van der Waals surface area contributed by atoms with Crippen molar-refractivity contribution < 1.29 is 31.3 Å². The smallest absolute Gasteiger partial charge is 0.335 e. The van der Waals surface area contributed by atoms with Crippen LogP contribution >= 0.6 is 0 Å². The quantitative estimate of drug-likeness (QED) is 0.418. The third kappa shape index (κ3) is 89.6. The second kappa shape index (κ2) is 23.1. The number of Topliss-reactive ketones (excluding diaryl/α,β-unsaturated/α-hetero) is 2. The molecule has 0 atom stereocenters. The molecule has 82 valence electrons. The summed E-state index contributed by atoms with van der Waals surface area (Å²) in [6.45, 7) is 10.8.